The van der Waals surface area contributed by atoms with Gasteiger partial charge in [-0.15, -0.1) is 0 Å². The minimum Gasteiger partial charge on any atom is -0.443 e. The second-order valence-electron chi connectivity index (χ2n) is 5.45. The van der Waals surface area contributed by atoms with Crippen LogP contribution in [0.2, 0.25) is 0 Å². The SMILES string of the molecule is N#Cc1oc2ccccc2c1NC(=O)CSc1ncnc2ccccc12. The van der Waals surface area contributed by atoms with Crippen molar-refractivity contribution in [3.05, 3.63) is 60.6 Å². The molecule has 2 aromatic carbocycles. The lowest BCUT2D eigenvalue weighted by molar-refractivity contribution is -0.113. The Kier molecular flexibility index (Phi) is 4.25. The van der Waals surface area contributed by atoms with E-state index in [0.717, 1.165) is 15.9 Å². The van der Waals surface area contributed by atoms with E-state index >= 15 is 0 Å². The van der Waals surface area contributed by atoms with Crippen LogP contribution in [-0.2, 0) is 4.79 Å². The van der Waals surface area contributed by atoms with Crippen LogP contribution in [0.4, 0.5) is 5.69 Å². The van der Waals surface area contributed by atoms with Gasteiger partial charge in [-0.1, -0.05) is 42.1 Å². The average molecular weight is 360 g/mol. The van der Waals surface area contributed by atoms with E-state index < -0.39 is 0 Å². The van der Waals surface area contributed by atoms with Crippen LogP contribution in [0.25, 0.3) is 21.9 Å². The third-order valence-electron chi connectivity index (χ3n) is 3.81. The molecule has 0 unspecified atom stereocenters. The van der Waals surface area contributed by atoms with Gasteiger partial charge in [0.15, 0.2) is 0 Å². The Morgan fingerprint density at radius 1 is 1.12 bits per heavy atom. The highest BCUT2D eigenvalue weighted by Gasteiger charge is 2.16. The summed E-state index contributed by atoms with van der Waals surface area (Å²) < 4.78 is 5.47. The van der Waals surface area contributed by atoms with Crippen LogP contribution >= 0.6 is 11.8 Å². The Morgan fingerprint density at radius 2 is 1.88 bits per heavy atom. The van der Waals surface area contributed by atoms with E-state index in [0.29, 0.717) is 16.7 Å². The number of thioether (sulfide) groups is 1. The maximum atomic E-state index is 12.4. The zero-order chi connectivity index (χ0) is 17.9. The Labute approximate surface area is 152 Å². The summed E-state index contributed by atoms with van der Waals surface area (Å²) in [6.07, 6.45) is 1.49. The number of amides is 1. The highest BCUT2D eigenvalue weighted by Crippen LogP contribution is 2.31. The summed E-state index contributed by atoms with van der Waals surface area (Å²) in [7, 11) is 0. The molecule has 1 N–H and O–H groups in total. The lowest BCUT2D eigenvalue weighted by Crippen LogP contribution is -2.14. The Morgan fingerprint density at radius 3 is 2.73 bits per heavy atom. The van der Waals surface area contributed by atoms with Crippen molar-refractivity contribution < 1.29 is 9.21 Å². The van der Waals surface area contributed by atoms with Crippen LogP contribution in [0.3, 0.4) is 0 Å². The van der Waals surface area contributed by atoms with Gasteiger partial charge >= 0.3 is 0 Å². The predicted molar refractivity (Wildman–Crippen MR) is 99.8 cm³/mol. The van der Waals surface area contributed by atoms with Gasteiger partial charge in [-0.2, -0.15) is 5.26 Å². The molecule has 0 aliphatic heterocycles. The fraction of sp³-hybridized carbons (Fsp3) is 0.0526. The van der Waals surface area contributed by atoms with Crippen LogP contribution < -0.4 is 5.32 Å². The van der Waals surface area contributed by atoms with Crippen LogP contribution in [-0.4, -0.2) is 21.6 Å². The molecule has 0 saturated carbocycles. The molecule has 0 aliphatic rings. The molecule has 1 amide bonds. The van der Waals surface area contributed by atoms with Gasteiger partial charge < -0.3 is 9.73 Å². The van der Waals surface area contributed by atoms with Crippen molar-refractivity contribution in [2.75, 3.05) is 11.1 Å². The number of nitrogens with zero attached hydrogens (tertiary/aromatic N) is 3. The van der Waals surface area contributed by atoms with E-state index in [1.54, 1.807) is 12.1 Å². The van der Waals surface area contributed by atoms with Gasteiger partial charge in [0.25, 0.3) is 0 Å². The molecule has 126 valence electrons. The van der Waals surface area contributed by atoms with Gasteiger partial charge in [-0.3, -0.25) is 4.79 Å². The van der Waals surface area contributed by atoms with Crippen LogP contribution in [0.1, 0.15) is 5.76 Å². The van der Waals surface area contributed by atoms with Crippen molar-refractivity contribution in [3.8, 4) is 6.07 Å². The lowest BCUT2D eigenvalue weighted by atomic mass is 10.2. The molecule has 0 spiro atoms. The van der Waals surface area contributed by atoms with Crippen molar-refractivity contribution in [2.24, 2.45) is 0 Å². The summed E-state index contributed by atoms with van der Waals surface area (Å²) in [6.45, 7) is 0. The molecule has 0 radical (unpaired) electrons. The second-order valence-corrected chi connectivity index (χ2v) is 6.41. The number of carbonyl (C=O) groups excluding carboxylic acids is 1. The maximum Gasteiger partial charge on any atom is 0.234 e. The summed E-state index contributed by atoms with van der Waals surface area (Å²) in [4.78, 5) is 20.9. The Hall–Kier alpha value is -3.37. The number of fused-ring (bicyclic) bond motifs is 2. The average Bonchev–Trinajstić information content (AvgIpc) is 3.04. The predicted octanol–water partition coefficient (Wildman–Crippen LogP) is 3.98. The first-order chi connectivity index (χ1) is 12.8. The number of carbonyl (C=O) groups is 1. The third kappa shape index (κ3) is 2.98. The van der Waals surface area contributed by atoms with Crippen molar-refractivity contribution in [1.29, 1.82) is 5.26 Å². The normalized spacial score (nSPS) is 10.7. The Balaban J connectivity index is 1.54. The first-order valence-electron chi connectivity index (χ1n) is 7.80. The molecule has 6 nitrogen and oxygen atoms in total. The number of anilines is 1. The molecule has 7 heteroatoms. The molecular weight excluding hydrogens is 348 g/mol. The highest BCUT2D eigenvalue weighted by molar-refractivity contribution is 8.00. The number of para-hydroxylation sites is 2. The molecule has 0 fully saturated rings. The number of rotatable bonds is 4. The number of nitriles is 1. The van der Waals surface area contributed by atoms with Crippen molar-refractivity contribution in [2.45, 2.75) is 5.03 Å². The standard InChI is InChI=1S/C19H12N4O2S/c20-9-16-18(13-6-2-4-8-15(13)25-16)23-17(24)10-26-19-12-5-1-3-7-14(12)21-11-22-19/h1-8,11H,10H2,(H,23,24). The van der Waals surface area contributed by atoms with Gasteiger partial charge in [0, 0.05) is 10.8 Å². The second kappa shape index (κ2) is 6.86. The lowest BCUT2D eigenvalue weighted by Gasteiger charge is -2.05. The number of aromatic nitrogens is 2. The fourth-order valence-electron chi connectivity index (χ4n) is 2.65. The smallest absolute Gasteiger partial charge is 0.234 e. The van der Waals surface area contributed by atoms with Gasteiger partial charge in [0.2, 0.25) is 11.7 Å². The molecule has 2 aromatic heterocycles. The third-order valence-corrected chi connectivity index (χ3v) is 4.81. The molecule has 26 heavy (non-hydrogen) atoms. The maximum absolute atomic E-state index is 12.4. The van der Waals surface area contributed by atoms with Gasteiger partial charge in [-0.05, 0) is 18.2 Å². The number of nitrogens with one attached hydrogen (secondary N) is 1. The Bertz CT molecular complexity index is 1160. The monoisotopic (exact) mass is 360 g/mol. The molecule has 0 aliphatic carbocycles. The van der Waals surface area contributed by atoms with E-state index in [1.165, 1.54) is 18.1 Å². The number of furan rings is 1. The molecule has 0 saturated heterocycles. The summed E-state index contributed by atoms with van der Waals surface area (Å²) in [6, 6.07) is 16.8. The highest BCUT2D eigenvalue weighted by atomic mass is 32.2. The van der Waals surface area contributed by atoms with Crippen molar-refractivity contribution in [1.82, 2.24) is 9.97 Å². The molecule has 2 heterocycles. The van der Waals surface area contributed by atoms with E-state index in [-0.39, 0.29) is 17.4 Å². The number of hydrogen-bond acceptors (Lipinski definition) is 6. The van der Waals surface area contributed by atoms with Crippen LogP contribution in [0.5, 0.6) is 0 Å². The van der Waals surface area contributed by atoms with Crippen LogP contribution in [0, 0.1) is 11.3 Å². The van der Waals surface area contributed by atoms with Crippen molar-refractivity contribution in [3.63, 3.8) is 0 Å². The topological polar surface area (TPSA) is 91.8 Å². The molecular formula is C19H12N4O2S. The molecule has 0 bridgehead atoms. The summed E-state index contributed by atoms with van der Waals surface area (Å²) in [5.74, 6) is 0.0172. The van der Waals surface area contributed by atoms with E-state index in [4.69, 9.17) is 4.42 Å². The minimum absolute atomic E-state index is 0.0945. The van der Waals surface area contributed by atoms with Gasteiger partial charge in [-0.25, -0.2) is 9.97 Å². The summed E-state index contributed by atoms with van der Waals surface area (Å²) in [5, 5.41) is 14.4. The first-order valence-corrected chi connectivity index (χ1v) is 8.79. The van der Waals surface area contributed by atoms with Gasteiger partial charge in [0.05, 0.1) is 11.3 Å². The largest absolute Gasteiger partial charge is 0.443 e. The summed E-state index contributed by atoms with van der Waals surface area (Å²) >= 11 is 1.32. The molecule has 0 atom stereocenters. The zero-order valence-electron chi connectivity index (χ0n) is 13.5. The van der Waals surface area contributed by atoms with Crippen LogP contribution in [0.15, 0.2) is 64.3 Å². The van der Waals surface area contributed by atoms with E-state index in [9.17, 15) is 10.1 Å². The van der Waals surface area contributed by atoms with Gasteiger partial charge in [0.1, 0.15) is 28.7 Å². The fourth-order valence-corrected chi connectivity index (χ4v) is 3.44. The zero-order valence-corrected chi connectivity index (χ0v) is 14.3. The number of hydrogen-bond donors (Lipinski definition) is 1. The van der Waals surface area contributed by atoms with E-state index in [1.807, 2.05) is 42.5 Å². The number of benzene rings is 2. The quantitative estimate of drug-likeness (QED) is 0.437. The minimum atomic E-state index is -0.235. The summed E-state index contributed by atoms with van der Waals surface area (Å²) in [5.41, 5.74) is 1.80. The van der Waals surface area contributed by atoms with E-state index in [2.05, 4.69) is 15.3 Å². The first kappa shape index (κ1) is 16.1. The molecule has 4 aromatic rings. The van der Waals surface area contributed by atoms with Crippen molar-refractivity contribution >= 4 is 45.2 Å². The molecule has 4 rings (SSSR count).